The van der Waals surface area contributed by atoms with Crippen molar-refractivity contribution in [1.29, 1.82) is 0 Å². The maximum Gasteiger partial charge on any atom is 0.228 e. The second-order valence-corrected chi connectivity index (χ2v) is 6.71. The van der Waals surface area contributed by atoms with Crippen LogP contribution in [-0.4, -0.2) is 31.3 Å². The molecule has 0 radical (unpaired) electrons. The molecule has 18 heavy (non-hydrogen) atoms. The van der Waals surface area contributed by atoms with Gasteiger partial charge in [-0.2, -0.15) is 0 Å². The molecule has 1 unspecified atom stereocenters. The van der Waals surface area contributed by atoms with E-state index >= 15 is 0 Å². The highest BCUT2D eigenvalue weighted by atomic mass is 79.9. The van der Waals surface area contributed by atoms with Crippen LogP contribution < -0.4 is 10.2 Å². The Labute approximate surface area is 120 Å². The minimum Gasteiger partial charge on any atom is -0.319 e. The number of carbonyl (C=O) groups is 1. The van der Waals surface area contributed by atoms with E-state index in [1.165, 1.54) is 4.90 Å². The summed E-state index contributed by atoms with van der Waals surface area (Å²) in [5.41, 5.74) is 1.03. The van der Waals surface area contributed by atoms with E-state index in [2.05, 4.69) is 34.2 Å². The number of benzene rings is 1. The maximum atomic E-state index is 12.3. The van der Waals surface area contributed by atoms with Crippen molar-refractivity contribution in [1.82, 2.24) is 5.32 Å². The van der Waals surface area contributed by atoms with Crippen molar-refractivity contribution in [3.63, 3.8) is 0 Å². The van der Waals surface area contributed by atoms with Gasteiger partial charge in [0.1, 0.15) is 0 Å². The third-order valence-electron chi connectivity index (χ3n) is 2.88. The van der Waals surface area contributed by atoms with Gasteiger partial charge in [0.25, 0.3) is 0 Å². The third kappa shape index (κ3) is 2.90. The summed E-state index contributed by atoms with van der Waals surface area (Å²) in [5.74, 6) is 0.185. The Bertz CT molecular complexity index is 453. The summed E-state index contributed by atoms with van der Waals surface area (Å²) >= 11 is 5.39. The first-order chi connectivity index (χ1) is 8.63. The number of anilines is 1. The van der Waals surface area contributed by atoms with Gasteiger partial charge in [0.05, 0.1) is 5.69 Å². The van der Waals surface area contributed by atoms with E-state index in [0.29, 0.717) is 11.7 Å². The quantitative estimate of drug-likeness (QED) is 0.925. The molecule has 1 aromatic carbocycles. The summed E-state index contributed by atoms with van der Waals surface area (Å²) in [6, 6.07) is 6.09. The molecular formula is C13H17BrN2OS. The lowest BCUT2D eigenvalue weighted by molar-refractivity contribution is -0.118. The van der Waals surface area contributed by atoms with E-state index in [9.17, 15) is 4.79 Å². The number of carbonyl (C=O) groups excluding carboxylic acids is 1. The van der Waals surface area contributed by atoms with Gasteiger partial charge in [-0.1, -0.05) is 13.0 Å². The monoisotopic (exact) mass is 328 g/mol. The van der Waals surface area contributed by atoms with Crippen LogP contribution in [0.1, 0.15) is 13.3 Å². The van der Waals surface area contributed by atoms with E-state index in [-0.39, 0.29) is 5.91 Å². The highest BCUT2D eigenvalue weighted by Crippen LogP contribution is 2.42. The largest absolute Gasteiger partial charge is 0.319 e. The number of halogens is 1. The molecule has 3 nitrogen and oxygen atoms in total. The lowest BCUT2D eigenvalue weighted by atomic mass is 10.2. The number of hydrogen-bond acceptors (Lipinski definition) is 3. The second-order valence-electron chi connectivity index (χ2n) is 4.37. The van der Waals surface area contributed by atoms with Crippen molar-refractivity contribution in [3.8, 4) is 0 Å². The van der Waals surface area contributed by atoms with Gasteiger partial charge >= 0.3 is 0 Å². The minimum absolute atomic E-state index is 0.185. The number of nitrogens with one attached hydrogen (secondary N) is 1. The highest BCUT2D eigenvalue weighted by Gasteiger charge is 2.28. The molecule has 1 aromatic rings. The van der Waals surface area contributed by atoms with Gasteiger partial charge in [0.2, 0.25) is 5.91 Å². The summed E-state index contributed by atoms with van der Waals surface area (Å²) < 4.78 is 0.997. The minimum atomic E-state index is 0.185. The van der Waals surface area contributed by atoms with Gasteiger partial charge in [0, 0.05) is 34.1 Å². The fraction of sp³-hybridized carbons (Fsp3) is 0.462. The third-order valence-corrected chi connectivity index (χ3v) is 4.65. The molecule has 1 atom stereocenters. The molecule has 0 saturated heterocycles. The van der Waals surface area contributed by atoms with Crippen molar-refractivity contribution in [2.45, 2.75) is 23.5 Å². The number of hydrogen-bond donors (Lipinski definition) is 1. The molecule has 1 heterocycles. The number of amides is 1. The smallest absolute Gasteiger partial charge is 0.228 e. The Morgan fingerprint density at radius 3 is 3.11 bits per heavy atom. The normalized spacial score (nSPS) is 18.6. The van der Waals surface area contributed by atoms with Crippen molar-refractivity contribution in [2.75, 3.05) is 25.0 Å². The van der Waals surface area contributed by atoms with Crippen LogP contribution in [0.15, 0.2) is 27.6 Å². The van der Waals surface area contributed by atoms with E-state index in [4.69, 9.17) is 0 Å². The first kappa shape index (κ1) is 13.9. The zero-order chi connectivity index (χ0) is 13.1. The Morgan fingerprint density at radius 2 is 2.39 bits per heavy atom. The number of nitrogens with zero attached hydrogens (tertiary/aromatic N) is 1. The number of fused-ring (bicyclic) bond motifs is 1. The molecule has 98 valence electrons. The van der Waals surface area contributed by atoms with Crippen molar-refractivity contribution >= 4 is 39.3 Å². The average Bonchev–Trinajstić information content (AvgIpc) is 2.35. The predicted molar refractivity (Wildman–Crippen MR) is 80.4 cm³/mol. The number of para-hydroxylation sites is 1. The Morgan fingerprint density at radius 1 is 1.61 bits per heavy atom. The van der Waals surface area contributed by atoms with Gasteiger partial charge in [-0.05, 0) is 35.1 Å². The molecule has 1 aliphatic heterocycles. The summed E-state index contributed by atoms with van der Waals surface area (Å²) in [5, 5.41) is 3.46. The van der Waals surface area contributed by atoms with Crippen LogP contribution in [0.5, 0.6) is 0 Å². The van der Waals surface area contributed by atoms with Crippen molar-refractivity contribution in [3.05, 3.63) is 22.7 Å². The van der Waals surface area contributed by atoms with Crippen LogP contribution in [0.3, 0.4) is 0 Å². The Balaban J connectivity index is 2.30. The molecule has 1 amide bonds. The molecule has 0 aromatic heterocycles. The molecule has 2 rings (SSSR count). The van der Waals surface area contributed by atoms with Crippen molar-refractivity contribution < 1.29 is 4.79 Å². The number of thioether (sulfide) groups is 1. The van der Waals surface area contributed by atoms with Crippen LogP contribution in [0, 0.1) is 0 Å². The summed E-state index contributed by atoms with van der Waals surface area (Å²) in [7, 11) is 1.87. The maximum absolute atomic E-state index is 12.3. The highest BCUT2D eigenvalue weighted by molar-refractivity contribution is 9.10. The standard InChI is InChI=1S/C13H17BrN2OS/c1-9-8-16(12(17)6-7-15-2)13-10(14)4-3-5-11(13)18-9/h3-5,9,15H,6-8H2,1-2H3. The van der Waals surface area contributed by atoms with Gasteiger partial charge in [-0.3, -0.25) is 4.79 Å². The van der Waals surface area contributed by atoms with Crippen LogP contribution >= 0.6 is 27.7 Å². The van der Waals surface area contributed by atoms with E-state index in [1.807, 2.05) is 35.8 Å². The van der Waals surface area contributed by atoms with Crippen LogP contribution in [0.25, 0.3) is 0 Å². The van der Waals surface area contributed by atoms with E-state index < -0.39 is 0 Å². The SMILES string of the molecule is CNCCC(=O)N1CC(C)Sc2cccc(Br)c21. The van der Waals surface area contributed by atoms with Crippen LogP contribution in [0.2, 0.25) is 0 Å². The second kappa shape index (κ2) is 6.08. The fourth-order valence-corrected chi connectivity index (χ4v) is 3.91. The van der Waals surface area contributed by atoms with E-state index in [1.54, 1.807) is 0 Å². The first-order valence-corrected chi connectivity index (χ1v) is 7.71. The predicted octanol–water partition coefficient (Wildman–Crippen LogP) is 2.89. The first-order valence-electron chi connectivity index (χ1n) is 6.03. The lowest BCUT2D eigenvalue weighted by Crippen LogP contribution is -2.39. The van der Waals surface area contributed by atoms with Crippen LogP contribution in [0.4, 0.5) is 5.69 Å². The number of rotatable bonds is 3. The molecule has 0 spiro atoms. The molecule has 1 N–H and O–H groups in total. The molecule has 1 aliphatic rings. The summed E-state index contributed by atoms with van der Waals surface area (Å²) in [4.78, 5) is 15.4. The molecular weight excluding hydrogens is 312 g/mol. The zero-order valence-electron chi connectivity index (χ0n) is 10.6. The topological polar surface area (TPSA) is 32.3 Å². The Hall–Kier alpha value is -0.520. The fourth-order valence-electron chi connectivity index (χ4n) is 2.05. The molecule has 0 bridgehead atoms. The van der Waals surface area contributed by atoms with E-state index in [0.717, 1.165) is 23.2 Å². The average molecular weight is 329 g/mol. The zero-order valence-corrected chi connectivity index (χ0v) is 13.0. The van der Waals surface area contributed by atoms with Crippen LogP contribution in [-0.2, 0) is 4.79 Å². The molecule has 5 heteroatoms. The summed E-state index contributed by atoms with van der Waals surface area (Å²) in [6.07, 6.45) is 0.536. The molecule has 0 aliphatic carbocycles. The molecule has 0 saturated carbocycles. The van der Waals surface area contributed by atoms with Gasteiger partial charge in [-0.25, -0.2) is 0 Å². The van der Waals surface area contributed by atoms with Gasteiger partial charge < -0.3 is 10.2 Å². The van der Waals surface area contributed by atoms with Crippen molar-refractivity contribution in [2.24, 2.45) is 0 Å². The van der Waals surface area contributed by atoms with Gasteiger partial charge in [0.15, 0.2) is 0 Å². The summed E-state index contributed by atoms with van der Waals surface area (Å²) in [6.45, 7) is 3.66. The van der Waals surface area contributed by atoms with Gasteiger partial charge in [-0.15, -0.1) is 11.8 Å². The molecule has 0 fully saturated rings. The lowest BCUT2D eigenvalue weighted by Gasteiger charge is -2.33. The Kier molecular flexibility index (Phi) is 4.70.